The summed E-state index contributed by atoms with van der Waals surface area (Å²) in [6, 6.07) is 0.339. The molecule has 1 aliphatic carbocycles. The third-order valence-electron chi connectivity index (χ3n) is 2.69. The first-order valence-electron chi connectivity index (χ1n) is 5.17. The molecular weight excluding hydrogens is 258 g/mol. The monoisotopic (exact) mass is 271 g/mol. The molecular formula is C10H14BrN3O. The van der Waals surface area contributed by atoms with Crippen molar-refractivity contribution < 1.29 is 4.79 Å². The quantitative estimate of drug-likeness (QED) is 0.893. The first-order chi connectivity index (χ1) is 7.16. The molecule has 0 spiro atoms. The average Bonchev–Trinajstić information content (AvgIpc) is 2.75. The average molecular weight is 272 g/mol. The van der Waals surface area contributed by atoms with Crippen LogP contribution in [0.5, 0.6) is 0 Å². The zero-order valence-corrected chi connectivity index (χ0v) is 10.2. The van der Waals surface area contributed by atoms with Crippen LogP contribution in [0.2, 0.25) is 0 Å². The Morgan fingerprint density at radius 3 is 2.80 bits per heavy atom. The minimum absolute atomic E-state index is 0.0747. The number of carbonyl (C=O) groups excluding carboxylic acids is 1. The van der Waals surface area contributed by atoms with Gasteiger partial charge < -0.3 is 5.32 Å². The Bertz CT molecular complexity index is 369. The Morgan fingerprint density at radius 1 is 1.60 bits per heavy atom. The summed E-state index contributed by atoms with van der Waals surface area (Å²) in [6.07, 6.45) is 6.40. The molecule has 0 aliphatic heterocycles. The molecule has 1 N–H and O–H groups in total. The van der Waals surface area contributed by atoms with E-state index in [-0.39, 0.29) is 5.91 Å². The second kappa shape index (κ2) is 4.35. The fourth-order valence-corrected chi connectivity index (χ4v) is 2.49. The SMILES string of the molecule is Cn1cc(Br)c(C(=O)NC2CCCC2)n1. The standard InChI is InChI=1S/C10H14BrN3O/c1-14-6-8(11)9(13-14)10(15)12-7-4-2-3-5-7/h6-7H,2-5H2,1H3,(H,12,15). The highest BCUT2D eigenvalue weighted by Crippen LogP contribution is 2.19. The Hall–Kier alpha value is -0.840. The van der Waals surface area contributed by atoms with Crippen LogP contribution in [0.4, 0.5) is 0 Å². The number of aromatic nitrogens is 2. The van der Waals surface area contributed by atoms with Crippen LogP contribution >= 0.6 is 15.9 Å². The lowest BCUT2D eigenvalue weighted by atomic mass is 10.2. The number of nitrogens with one attached hydrogen (secondary N) is 1. The highest BCUT2D eigenvalue weighted by atomic mass is 79.9. The van der Waals surface area contributed by atoms with Crippen LogP contribution in [0.25, 0.3) is 0 Å². The zero-order valence-electron chi connectivity index (χ0n) is 8.66. The molecule has 15 heavy (non-hydrogen) atoms. The molecule has 1 amide bonds. The van der Waals surface area contributed by atoms with Gasteiger partial charge in [0.05, 0.1) is 4.47 Å². The number of carbonyl (C=O) groups is 1. The Balaban J connectivity index is 2.03. The minimum Gasteiger partial charge on any atom is -0.348 e. The van der Waals surface area contributed by atoms with Crippen LogP contribution in [0.1, 0.15) is 36.2 Å². The van der Waals surface area contributed by atoms with Gasteiger partial charge in [0, 0.05) is 19.3 Å². The number of rotatable bonds is 2. The summed E-state index contributed by atoms with van der Waals surface area (Å²) in [5.41, 5.74) is 0.476. The summed E-state index contributed by atoms with van der Waals surface area (Å²) in [6.45, 7) is 0. The topological polar surface area (TPSA) is 46.9 Å². The van der Waals surface area contributed by atoms with E-state index < -0.39 is 0 Å². The summed E-state index contributed by atoms with van der Waals surface area (Å²) < 4.78 is 2.38. The molecule has 4 nitrogen and oxygen atoms in total. The van der Waals surface area contributed by atoms with E-state index in [4.69, 9.17) is 0 Å². The maximum atomic E-state index is 11.8. The molecule has 1 saturated carbocycles. The Labute approximate surface area is 97.2 Å². The summed E-state index contributed by atoms with van der Waals surface area (Å²) in [5, 5.41) is 7.11. The Kier molecular flexibility index (Phi) is 3.09. The van der Waals surface area contributed by atoms with Crippen molar-refractivity contribution in [1.29, 1.82) is 0 Å². The molecule has 0 unspecified atom stereocenters. The number of nitrogens with zero attached hydrogens (tertiary/aromatic N) is 2. The van der Waals surface area contributed by atoms with Gasteiger partial charge in [0.2, 0.25) is 0 Å². The molecule has 0 radical (unpaired) electrons. The normalized spacial score (nSPS) is 16.9. The maximum Gasteiger partial charge on any atom is 0.273 e. The van der Waals surface area contributed by atoms with Gasteiger partial charge in [-0.2, -0.15) is 5.10 Å². The summed E-state index contributed by atoms with van der Waals surface area (Å²) in [7, 11) is 1.80. The molecule has 1 aromatic rings. The minimum atomic E-state index is -0.0747. The van der Waals surface area contributed by atoms with Crippen LogP contribution in [0.15, 0.2) is 10.7 Å². The van der Waals surface area contributed by atoms with Gasteiger partial charge in [0.1, 0.15) is 0 Å². The third-order valence-corrected chi connectivity index (χ3v) is 3.27. The lowest BCUT2D eigenvalue weighted by Gasteiger charge is -2.10. The second-order valence-corrected chi connectivity index (χ2v) is 4.81. The summed E-state index contributed by atoms with van der Waals surface area (Å²) in [4.78, 5) is 11.8. The van der Waals surface area contributed by atoms with E-state index in [1.165, 1.54) is 12.8 Å². The Morgan fingerprint density at radius 2 is 2.27 bits per heavy atom. The first-order valence-corrected chi connectivity index (χ1v) is 5.96. The third kappa shape index (κ3) is 2.40. The molecule has 0 bridgehead atoms. The predicted molar refractivity (Wildman–Crippen MR) is 60.6 cm³/mol. The van der Waals surface area contributed by atoms with E-state index in [2.05, 4.69) is 26.3 Å². The molecule has 2 rings (SSSR count). The van der Waals surface area contributed by atoms with Crippen LogP contribution in [-0.2, 0) is 7.05 Å². The number of aryl methyl sites for hydroxylation is 1. The molecule has 5 heteroatoms. The number of halogens is 1. The molecule has 0 saturated heterocycles. The molecule has 0 aromatic carbocycles. The highest BCUT2D eigenvalue weighted by molar-refractivity contribution is 9.10. The van der Waals surface area contributed by atoms with Gasteiger partial charge in [0.15, 0.2) is 5.69 Å². The fourth-order valence-electron chi connectivity index (χ4n) is 1.94. The van der Waals surface area contributed by atoms with Gasteiger partial charge >= 0.3 is 0 Å². The van der Waals surface area contributed by atoms with E-state index >= 15 is 0 Å². The van der Waals surface area contributed by atoms with Crippen molar-refractivity contribution in [3.63, 3.8) is 0 Å². The molecule has 1 heterocycles. The first kappa shape index (κ1) is 10.7. The zero-order chi connectivity index (χ0) is 10.8. The van der Waals surface area contributed by atoms with Gasteiger partial charge in [-0.05, 0) is 28.8 Å². The lowest BCUT2D eigenvalue weighted by molar-refractivity contribution is 0.0931. The van der Waals surface area contributed by atoms with Crippen molar-refractivity contribution in [2.75, 3.05) is 0 Å². The van der Waals surface area contributed by atoms with E-state index in [0.29, 0.717) is 11.7 Å². The number of amides is 1. The van der Waals surface area contributed by atoms with Crippen molar-refractivity contribution in [3.8, 4) is 0 Å². The molecule has 1 fully saturated rings. The van der Waals surface area contributed by atoms with E-state index in [0.717, 1.165) is 17.3 Å². The molecule has 0 atom stereocenters. The predicted octanol–water partition coefficient (Wildman–Crippen LogP) is 1.85. The highest BCUT2D eigenvalue weighted by Gasteiger charge is 2.20. The van der Waals surface area contributed by atoms with Gasteiger partial charge in [-0.25, -0.2) is 0 Å². The fraction of sp³-hybridized carbons (Fsp3) is 0.600. The van der Waals surface area contributed by atoms with Crippen molar-refractivity contribution in [3.05, 3.63) is 16.4 Å². The van der Waals surface area contributed by atoms with E-state index in [1.807, 2.05) is 0 Å². The van der Waals surface area contributed by atoms with Crippen molar-refractivity contribution in [2.45, 2.75) is 31.7 Å². The summed E-state index contributed by atoms with van der Waals surface area (Å²) >= 11 is 3.32. The van der Waals surface area contributed by atoms with Crippen molar-refractivity contribution in [1.82, 2.24) is 15.1 Å². The number of hydrogen-bond acceptors (Lipinski definition) is 2. The molecule has 82 valence electrons. The molecule has 1 aromatic heterocycles. The summed E-state index contributed by atoms with van der Waals surface area (Å²) in [5.74, 6) is -0.0747. The largest absolute Gasteiger partial charge is 0.348 e. The van der Waals surface area contributed by atoms with Crippen LogP contribution in [0.3, 0.4) is 0 Å². The molecule has 1 aliphatic rings. The van der Waals surface area contributed by atoms with Gasteiger partial charge in [0.25, 0.3) is 5.91 Å². The van der Waals surface area contributed by atoms with Crippen LogP contribution < -0.4 is 5.32 Å². The maximum absolute atomic E-state index is 11.8. The van der Waals surface area contributed by atoms with E-state index in [9.17, 15) is 4.79 Å². The second-order valence-electron chi connectivity index (χ2n) is 3.95. The van der Waals surface area contributed by atoms with Gasteiger partial charge in [-0.1, -0.05) is 12.8 Å². The van der Waals surface area contributed by atoms with E-state index in [1.54, 1.807) is 17.9 Å². The van der Waals surface area contributed by atoms with Crippen LogP contribution in [-0.4, -0.2) is 21.7 Å². The lowest BCUT2D eigenvalue weighted by Crippen LogP contribution is -2.33. The van der Waals surface area contributed by atoms with Gasteiger partial charge in [-0.3, -0.25) is 9.48 Å². The smallest absolute Gasteiger partial charge is 0.273 e. The number of hydrogen-bond donors (Lipinski definition) is 1. The van der Waals surface area contributed by atoms with Crippen LogP contribution in [0, 0.1) is 0 Å². The van der Waals surface area contributed by atoms with Crippen molar-refractivity contribution in [2.24, 2.45) is 7.05 Å². The van der Waals surface area contributed by atoms with Gasteiger partial charge in [-0.15, -0.1) is 0 Å². The van der Waals surface area contributed by atoms with Crippen molar-refractivity contribution >= 4 is 21.8 Å².